The summed E-state index contributed by atoms with van der Waals surface area (Å²) >= 11 is 0. The number of fused-ring (bicyclic) bond motifs is 1. The number of para-hydroxylation sites is 1. The van der Waals surface area contributed by atoms with Crippen molar-refractivity contribution in [1.29, 1.82) is 0 Å². The first kappa shape index (κ1) is 19.7. The Morgan fingerprint density at radius 2 is 1.72 bits per heavy atom. The molecule has 1 fully saturated rings. The van der Waals surface area contributed by atoms with Gasteiger partial charge >= 0.3 is 0 Å². The first-order valence-corrected chi connectivity index (χ1v) is 10.2. The summed E-state index contributed by atoms with van der Waals surface area (Å²) < 4.78 is 81.1. The van der Waals surface area contributed by atoms with E-state index in [0.29, 0.717) is 12.3 Å². The molecule has 2 heterocycles. The minimum Gasteiger partial charge on any atom is -0.340 e. The predicted octanol–water partition coefficient (Wildman–Crippen LogP) is 4.23. The molecule has 0 saturated carbocycles. The molecule has 0 spiro atoms. The van der Waals surface area contributed by atoms with Gasteiger partial charge < -0.3 is 4.90 Å². The molecule has 0 bridgehead atoms. The van der Waals surface area contributed by atoms with Crippen LogP contribution in [0.2, 0.25) is 0 Å². The highest BCUT2D eigenvalue weighted by atomic mass is 32.2. The highest BCUT2D eigenvalue weighted by Gasteiger charge is 2.53. The maximum absolute atomic E-state index is 13.7. The number of hydrogen-bond donors (Lipinski definition) is 0. The summed E-state index contributed by atoms with van der Waals surface area (Å²) in [7, 11) is -4.22. The quantitative estimate of drug-likeness (QED) is 0.585. The molecule has 29 heavy (non-hydrogen) atoms. The van der Waals surface area contributed by atoms with Crippen LogP contribution in [0.15, 0.2) is 53.4 Å². The van der Waals surface area contributed by atoms with Crippen molar-refractivity contribution in [3.8, 4) is 0 Å². The normalized spacial score (nSPS) is 19.4. The number of benzene rings is 2. The molecule has 0 radical (unpaired) electrons. The summed E-state index contributed by atoms with van der Waals surface area (Å²) in [6.45, 7) is 1.50. The third kappa shape index (κ3) is 3.06. The number of aromatic nitrogens is 2. The molecule has 1 aromatic heterocycles. The lowest BCUT2D eigenvalue weighted by atomic mass is 9.99. The van der Waals surface area contributed by atoms with Gasteiger partial charge in [-0.3, -0.25) is 0 Å². The number of rotatable bonds is 4. The van der Waals surface area contributed by atoms with E-state index in [2.05, 4.69) is 5.10 Å². The second kappa shape index (κ2) is 6.19. The Labute approximate surface area is 164 Å². The molecule has 4 rings (SSSR count). The van der Waals surface area contributed by atoms with Gasteiger partial charge in [0.25, 0.3) is 21.9 Å². The Morgan fingerprint density at radius 1 is 1.10 bits per heavy atom. The summed E-state index contributed by atoms with van der Waals surface area (Å²) in [4.78, 5) is 1.11. The van der Waals surface area contributed by atoms with Crippen molar-refractivity contribution in [2.24, 2.45) is 0 Å². The minimum atomic E-state index is -4.22. The second-order valence-corrected chi connectivity index (χ2v) is 8.93. The highest BCUT2D eigenvalue weighted by molar-refractivity contribution is 7.90. The zero-order valence-corrected chi connectivity index (χ0v) is 16.3. The Morgan fingerprint density at radius 3 is 2.28 bits per heavy atom. The minimum absolute atomic E-state index is 0.138. The van der Waals surface area contributed by atoms with E-state index in [1.807, 2.05) is 0 Å². The van der Waals surface area contributed by atoms with Crippen LogP contribution < -0.4 is 4.90 Å². The summed E-state index contributed by atoms with van der Waals surface area (Å²) in [6.07, 6.45) is 0. The first-order chi connectivity index (χ1) is 13.4. The van der Waals surface area contributed by atoms with Crippen molar-refractivity contribution in [1.82, 2.24) is 9.19 Å². The average Bonchev–Trinajstić information content (AvgIpc) is 3.05. The third-order valence-electron chi connectivity index (χ3n) is 5.16. The molecular formula is C19H17F4N3O2S. The Balaban J connectivity index is 1.82. The van der Waals surface area contributed by atoms with Crippen LogP contribution in [0.25, 0.3) is 10.9 Å². The van der Waals surface area contributed by atoms with E-state index in [-0.39, 0.29) is 21.8 Å². The largest absolute Gasteiger partial charge is 0.340 e. The second-order valence-electron chi connectivity index (χ2n) is 7.17. The molecule has 3 aromatic rings. The number of alkyl halides is 4. The van der Waals surface area contributed by atoms with Gasteiger partial charge in [-0.25, -0.2) is 17.6 Å². The maximum Gasteiger partial charge on any atom is 0.284 e. The van der Waals surface area contributed by atoms with Crippen LogP contribution >= 0.6 is 0 Å². The fourth-order valence-corrected chi connectivity index (χ4v) is 4.59. The molecule has 1 saturated heterocycles. The zero-order valence-electron chi connectivity index (χ0n) is 15.5. The lowest BCUT2D eigenvalue weighted by Crippen LogP contribution is -2.64. The van der Waals surface area contributed by atoms with Crippen LogP contribution in [0, 0.1) is 0 Å². The topological polar surface area (TPSA) is 55.2 Å². The van der Waals surface area contributed by atoms with E-state index in [1.54, 1.807) is 18.2 Å². The molecule has 1 atom stereocenters. The standard InChI is InChI=1S/C19H17F4N3O2S/c1-12-19(22,23)11-25(12)17-15-5-3-4-6-16(15)26(24-17)29(27,28)14-9-7-13(8-10-14)18(2,20)21/h3-10,12H,11H2,1-2H3. The molecule has 1 aliphatic rings. The molecule has 10 heteroatoms. The van der Waals surface area contributed by atoms with Gasteiger partial charge in [-0.05, 0) is 31.2 Å². The van der Waals surface area contributed by atoms with E-state index in [0.717, 1.165) is 28.4 Å². The van der Waals surface area contributed by atoms with Crippen molar-refractivity contribution in [3.63, 3.8) is 0 Å². The van der Waals surface area contributed by atoms with Crippen molar-refractivity contribution >= 4 is 26.7 Å². The van der Waals surface area contributed by atoms with Gasteiger partial charge in [-0.15, -0.1) is 5.10 Å². The van der Waals surface area contributed by atoms with E-state index in [4.69, 9.17) is 0 Å². The van der Waals surface area contributed by atoms with Gasteiger partial charge in [0.15, 0.2) is 5.82 Å². The number of anilines is 1. The van der Waals surface area contributed by atoms with Crippen molar-refractivity contribution < 1.29 is 26.0 Å². The van der Waals surface area contributed by atoms with Crippen LogP contribution in [-0.2, 0) is 15.9 Å². The Kier molecular flexibility index (Phi) is 4.20. The van der Waals surface area contributed by atoms with Crippen LogP contribution in [0.3, 0.4) is 0 Å². The van der Waals surface area contributed by atoms with Gasteiger partial charge in [0.05, 0.1) is 23.0 Å². The van der Waals surface area contributed by atoms with Crippen LogP contribution in [0.5, 0.6) is 0 Å². The maximum atomic E-state index is 13.7. The van der Waals surface area contributed by atoms with Crippen molar-refractivity contribution in [2.75, 3.05) is 11.4 Å². The highest BCUT2D eigenvalue weighted by Crippen LogP contribution is 2.41. The third-order valence-corrected chi connectivity index (χ3v) is 6.76. The first-order valence-electron chi connectivity index (χ1n) is 8.79. The van der Waals surface area contributed by atoms with Crippen molar-refractivity contribution in [3.05, 3.63) is 54.1 Å². The van der Waals surface area contributed by atoms with E-state index in [9.17, 15) is 26.0 Å². The van der Waals surface area contributed by atoms with E-state index < -0.39 is 34.5 Å². The van der Waals surface area contributed by atoms with Gasteiger partial charge in [-0.2, -0.15) is 12.5 Å². The summed E-state index contributed by atoms with van der Waals surface area (Å²) in [6, 6.07) is 9.50. The Hall–Kier alpha value is -2.62. The fraction of sp³-hybridized carbons (Fsp3) is 0.316. The molecule has 0 amide bonds. The molecule has 2 aromatic carbocycles. The molecule has 1 aliphatic heterocycles. The molecular weight excluding hydrogens is 410 g/mol. The summed E-state index contributed by atoms with van der Waals surface area (Å²) in [5.74, 6) is -5.85. The Bertz CT molecular complexity index is 1180. The molecule has 1 unspecified atom stereocenters. The zero-order chi connectivity index (χ0) is 21.2. The smallest absolute Gasteiger partial charge is 0.284 e. The van der Waals surface area contributed by atoms with Gasteiger partial charge in [0.2, 0.25) is 0 Å². The van der Waals surface area contributed by atoms with Crippen LogP contribution in [0.1, 0.15) is 19.4 Å². The van der Waals surface area contributed by atoms with Crippen LogP contribution in [-0.4, -0.2) is 36.1 Å². The van der Waals surface area contributed by atoms with Gasteiger partial charge in [0.1, 0.15) is 0 Å². The van der Waals surface area contributed by atoms with E-state index >= 15 is 0 Å². The number of halogens is 4. The summed E-state index contributed by atoms with van der Waals surface area (Å²) in [5.41, 5.74) is -0.103. The van der Waals surface area contributed by atoms with Crippen molar-refractivity contribution in [2.45, 2.75) is 36.6 Å². The van der Waals surface area contributed by atoms with Gasteiger partial charge in [0, 0.05) is 17.9 Å². The number of nitrogens with zero attached hydrogens (tertiary/aromatic N) is 3. The monoisotopic (exact) mass is 427 g/mol. The lowest BCUT2D eigenvalue weighted by molar-refractivity contribution is -0.0642. The van der Waals surface area contributed by atoms with Gasteiger partial charge in [-0.1, -0.05) is 24.3 Å². The fourth-order valence-electron chi connectivity index (χ4n) is 3.31. The predicted molar refractivity (Wildman–Crippen MR) is 100 cm³/mol. The molecule has 0 aliphatic carbocycles. The van der Waals surface area contributed by atoms with E-state index in [1.165, 1.54) is 17.9 Å². The number of hydrogen-bond acceptors (Lipinski definition) is 4. The van der Waals surface area contributed by atoms with Crippen LogP contribution in [0.4, 0.5) is 23.4 Å². The average molecular weight is 427 g/mol. The SMILES string of the molecule is CC1N(c2nn(S(=O)(=O)c3ccc(C(C)(F)F)cc3)c3ccccc23)CC1(F)F. The molecule has 5 nitrogen and oxygen atoms in total. The summed E-state index contributed by atoms with van der Waals surface area (Å²) in [5, 5.41) is 4.53. The lowest BCUT2D eigenvalue weighted by Gasteiger charge is -2.46. The molecule has 0 N–H and O–H groups in total. The molecule has 154 valence electrons.